The van der Waals surface area contributed by atoms with E-state index >= 15 is 0 Å². The molecule has 0 aliphatic carbocycles. The molecule has 3 rings (SSSR count). The number of phenolic OH excluding ortho intramolecular Hbond substituents is 1. The lowest BCUT2D eigenvalue weighted by molar-refractivity contribution is 0.237. The van der Waals surface area contributed by atoms with Crippen LogP contribution in [0.2, 0.25) is 0 Å². The monoisotopic (exact) mass is 366 g/mol. The number of imidazole rings is 1. The zero-order valence-electron chi connectivity index (χ0n) is 15.5. The SMILES string of the molecule is CC(CCc1ccc(O)cc1)NC(=O)NCCCc1nc2ccccc2[nH]1. The minimum atomic E-state index is -0.141. The molecule has 0 spiro atoms. The summed E-state index contributed by atoms with van der Waals surface area (Å²) in [4.78, 5) is 19.8. The van der Waals surface area contributed by atoms with E-state index in [0.29, 0.717) is 6.54 Å². The van der Waals surface area contributed by atoms with Crippen LogP contribution >= 0.6 is 0 Å². The molecule has 6 nitrogen and oxygen atoms in total. The molecule has 6 heteroatoms. The van der Waals surface area contributed by atoms with Crippen LogP contribution in [0.25, 0.3) is 11.0 Å². The molecule has 1 heterocycles. The number of nitrogens with zero attached hydrogens (tertiary/aromatic N) is 1. The number of H-pyrrole nitrogens is 1. The Labute approximate surface area is 159 Å². The van der Waals surface area contributed by atoms with E-state index in [2.05, 4.69) is 20.6 Å². The molecule has 3 aromatic rings. The van der Waals surface area contributed by atoms with Crippen molar-refractivity contribution in [3.8, 4) is 5.75 Å². The molecule has 1 atom stereocenters. The Morgan fingerprint density at radius 2 is 1.93 bits per heavy atom. The molecule has 0 aliphatic heterocycles. The van der Waals surface area contributed by atoms with Crippen LogP contribution in [0.4, 0.5) is 4.79 Å². The number of carbonyl (C=O) groups is 1. The van der Waals surface area contributed by atoms with Crippen molar-refractivity contribution in [2.24, 2.45) is 0 Å². The third kappa shape index (κ3) is 5.74. The second-order valence-electron chi connectivity index (χ2n) is 6.81. The minimum Gasteiger partial charge on any atom is -0.508 e. The summed E-state index contributed by atoms with van der Waals surface area (Å²) in [6.07, 6.45) is 3.32. The molecular formula is C21H26N4O2. The van der Waals surface area contributed by atoms with Gasteiger partial charge < -0.3 is 20.7 Å². The number of urea groups is 1. The molecule has 2 amide bonds. The van der Waals surface area contributed by atoms with Crippen LogP contribution in [0.5, 0.6) is 5.75 Å². The fraction of sp³-hybridized carbons (Fsp3) is 0.333. The molecule has 0 aliphatic rings. The highest BCUT2D eigenvalue weighted by Gasteiger charge is 2.07. The van der Waals surface area contributed by atoms with Crippen LogP contribution in [0, 0.1) is 0 Å². The van der Waals surface area contributed by atoms with Crippen LogP contribution in [0.15, 0.2) is 48.5 Å². The van der Waals surface area contributed by atoms with Gasteiger partial charge in [-0.15, -0.1) is 0 Å². The number of aromatic nitrogens is 2. The molecule has 0 radical (unpaired) electrons. The maximum absolute atomic E-state index is 12.0. The van der Waals surface area contributed by atoms with Crippen molar-refractivity contribution in [2.75, 3.05) is 6.54 Å². The zero-order chi connectivity index (χ0) is 19.1. The van der Waals surface area contributed by atoms with Crippen molar-refractivity contribution < 1.29 is 9.90 Å². The number of aromatic hydroxyl groups is 1. The zero-order valence-corrected chi connectivity index (χ0v) is 15.5. The Hall–Kier alpha value is -3.02. The van der Waals surface area contributed by atoms with Gasteiger partial charge in [-0.25, -0.2) is 9.78 Å². The molecule has 4 N–H and O–H groups in total. The second kappa shape index (κ2) is 9.07. The van der Waals surface area contributed by atoms with E-state index in [1.165, 1.54) is 0 Å². The summed E-state index contributed by atoms with van der Waals surface area (Å²) in [5, 5.41) is 15.2. The fourth-order valence-electron chi connectivity index (χ4n) is 2.97. The van der Waals surface area contributed by atoms with Gasteiger partial charge in [0.1, 0.15) is 11.6 Å². The van der Waals surface area contributed by atoms with Gasteiger partial charge in [-0.3, -0.25) is 0 Å². The molecule has 27 heavy (non-hydrogen) atoms. The first-order valence-corrected chi connectivity index (χ1v) is 9.36. The van der Waals surface area contributed by atoms with Crippen molar-refractivity contribution in [1.29, 1.82) is 0 Å². The van der Waals surface area contributed by atoms with Gasteiger partial charge in [-0.05, 0) is 56.0 Å². The van der Waals surface area contributed by atoms with Gasteiger partial charge in [0, 0.05) is 19.0 Å². The second-order valence-corrected chi connectivity index (χ2v) is 6.81. The predicted molar refractivity (Wildman–Crippen MR) is 107 cm³/mol. The molecule has 142 valence electrons. The average Bonchev–Trinajstić information content (AvgIpc) is 3.07. The molecular weight excluding hydrogens is 340 g/mol. The lowest BCUT2D eigenvalue weighted by Gasteiger charge is -2.14. The number of fused-ring (bicyclic) bond motifs is 1. The maximum atomic E-state index is 12.0. The number of phenols is 1. The number of hydrogen-bond donors (Lipinski definition) is 4. The Balaban J connectivity index is 1.32. The number of nitrogens with one attached hydrogen (secondary N) is 3. The van der Waals surface area contributed by atoms with E-state index in [-0.39, 0.29) is 17.8 Å². The highest BCUT2D eigenvalue weighted by atomic mass is 16.3. The van der Waals surface area contributed by atoms with Crippen molar-refractivity contribution in [3.63, 3.8) is 0 Å². The van der Waals surface area contributed by atoms with E-state index in [0.717, 1.165) is 48.1 Å². The number of rotatable bonds is 8. The van der Waals surface area contributed by atoms with Gasteiger partial charge in [-0.2, -0.15) is 0 Å². The first kappa shape index (κ1) is 18.8. The summed E-state index contributed by atoms with van der Waals surface area (Å²) < 4.78 is 0. The quantitative estimate of drug-likeness (QED) is 0.460. The summed E-state index contributed by atoms with van der Waals surface area (Å²) >= 11 is 0. The van der Waals surface area contributed by atoms with Crippen LogP contribution in [0.3, 0.4) is 0 Å². The van der Waals surface area contributed by atoms with E-state index in [9.17, 15) is 9.90 Å². The summed E-state index contributed by atoms with van der Waals surface area (Å²) in [7, 11) is 0. The van der Waals surface area contributed by atoms with Crippen molar-refractivity contribution in [1.82, 2.24) is 20.6 Å². The number of carbonyl (C=O) groups excluding carboxylic acids is 1. The third-order valence-corrected chi connectivity index (χ3v) is 4.49. The Morgan fingerprint density at radius 1 is 1.15 bits per heavy atom. The topological polar surface area (TPSA) is 90.0 Å². The number of hydrogen-bond acceptors (Lipinski definition) is 3. The third-order valence-electron chi connectivity index (χ3n) is 4.49. The first-order chi connectivity index (χ1) is 13.1. The lowest BCUT2D eigenvalue weighted by atomic mass is 10.1. The number of amides is 2. The van der Waals surface area contributed by atoms with Gasteiger partial charge in [-0.1, -0.05) is 24.3 Å². The Kier molecular flexibility index (Phi) is 6.30. The highest BCUT2D eigenvalue weighted by molar-refractivity contribution is 5.75. The van der Waals surface area contributed by atoms with Crippen LogP contribution < -0.4 is 10.6 Å². The smallest absolute Gasteiger partial charge is 0.314 e. The van der Waals surface area contributed by atoms with E-state index in [4.69, 9.17) is 0 Å². The summed E-state index contributed by atoms with van der Waals surface area (Å²) in [6.45, 7) is 2.60. The van der Waals surface area contributed by atoms with E-state index in [1.807, 2.05) is 43.3 Å². The first-order valence-electron chi connectivity index (χ1n) is 9.36. The minimum absolute atomic E-state index is 0.0779. The molecule has 2 aromatic carbocycles. The van der Waals surface area contributed by atoms with Gasteiger partial charge in [0.05, 0.1) is 11.0 Å². The van der Waals surface area contributed by atoms with E-state index < -0.39 is 0 Å². The van der Waals surface area contributed by atoms with Crippen molar-refractivity contribution in [3.05, 3.63) is 59.9 Å². The van der Waals surface area contributed by atoms with Crippen molar-refractivity contribution in [2.45, 2.75) is 38.6 Å². The standard InChI is InChI=1S/C21H26N4O2/c1-15(8-9-16-10-12-17(26)13-11-16)23-21(27)22-14-4-7-20-24-18-5-2-3-6-19(18)25-20/h2-3,5-6,10-13,15,26H,4,7-9,14H2,1H3,(H,24,25)(H2,22,23,27). The molecule has 1 aromatic heterocycles. The summed E-state index contributed by atoms with van der Waals surface area (Å²) in [5.41, 5.74) is 3.16. The van der Waals surface area contributed by atoms with Gasteiger partial charge in [0.25, 0.3) is 0 Å². The summed E-state index contributed by atoms with van der Waals surface area (Å²) in [6, 6.07) is 15.1. The summed E-state index contributed by atoms with van der Waals surface area (Å²) in [5.74, 6) is 1.22. The number of para-hydroxylation sites is 2. The number of benzene rings is 2. The highest BCUT2D eigenvalue weighted by Crippen LogP contribution is 2.12. The lowest BCUT2D eigenvalue weighted by Crippen LogP contribution is -2.41. The largest absolute Gasteiger partial charge is 0.508 e. The van der Waals surface area contributed by atoms with Gasteiger partial charge in [0.15, 0.2) is 0 Å². The van der Waals surface area contributed by atoms with E-state index in [1.54, 1.807) is 12.1 Å². The molecule has 0 saturated heterocycles. The maximum Gasteiger partial charge on any atom is 0.314 e. The molecule has 1 unspecified atom stereocenters. The van der Waals surface area contributed by atoms with Crippen LogP contribution in [-0.4, -0.2) is 33.7 Å². The Morgan fingerprint density at radius 3 is 2.70 bits per heavy atom. The fourth-order valence-corrected chi connectivity index (χ4v) is 2.97. The molecule has 0 bridgehead atoms. The van der Waals surface area contributed by atoms with Crippen LogP contribution in [0.1, 0.15) is 31.2 Å². The van der Waals surface area contributed by atoms with Gasteiger partial charge in [0.2, 0.25) is 0 Å². The molecule has 0 saturated carbocycles. The normalized spacial score (nSPS) is 12.0. The average molecular weight is 366 g/mol. The predicted octanol–water partition coefficient (Wildman–Crippen LogP) is 3.52. The van der Waals surface area contributed by atoms with Crippen molar-refractivity contribution >= 4 is 17.1 Å². The number of aromatic amines is 1. The van der Waals surface area contributed by atoms with Crippen LogP contribution in [-0.2, 0) is 12.8 Å². The van der Waals surface area contributed by atoms with Gasteiger partial charge >= 0.3 is 6.03 Å². The molecule has 0 fully saturated rings. The number of aryl methyl sites for hydroxylation is 2. The Bertz CT molecular complexity index is 840.